The van der Waals surface area contributed by atoms with Crippen LogP contribution in [0.15, 0.2) is 66.4 Å². The van der Waals surface area contributed by atoms with Crippen LogP contribution in [0.5, 0.6) is 0 Å². The van der Waals surface area contributed by atoms with E-state index in [1.807, 2.05) is 24.3 Å². The molecule has 0 unspecified atom stereocenters. The number of para-hydroxylation sites is 1. The van der Waals surface area contributed by atoms with E-state index in [-0.39, 0.29) is 23.6 Å². The van der Waals surface area contributed by atoms with E-state index in [0.717, 1.165) is 29.4 Å². The Bertz CT molecular complexity index is 1020. The van der Waals surface area contributed by atoms with Crippen LogP contribution in [0.3, 0.4) is 0 Å². The second-order valence-corrected chi connectivity index (χ2v) is 7.15. The second kappa shape index (κ2) is 9.35. The van der Waals surface area contributed by atoms with Gasteiger partial charge in [-0.05, 0) is 55.7 Å². The van der Waals surface area contributed by atoms with Gasteiger partial charge in [0.05, 0.1) is 0 Å². The van der Waals surface area contributed by atoms with E-state index in [2.05, 4.69) is 22.5 Å². The number of nitrogens with one attached hydrogen (secondary N) is 3. The highest BCUT2D eigenvalue weighted by Crippen LogP contribution is 2.21. The van der Waals surface area contributed by atoms with Crippen LogP contribution in [0.2, 0.25) is 0 Å². The third-order valence-corrected chi connectivity index (χ3v) is 4.85. The van der Waals surface area contributed by atoms with E-state index >= 15 is 0 Å². The molecule has 7 heteroatoms. The number of amides is 2. The molecule has 0 fully saturated rings. The Labute approximate surface area is 173 Å². The molecule has 0 bridgehead atoms. The molecule has 3 N–H and O–H groups in total. The quantitative estimate of drug-likeness (QED) is 0.503. The summed E-state index contributed by atoms with van der Waals surface area (Å²) in [5.74, 6) is -1.79. The second-order valence-electron chi connectivity index (χ2n) is 7.15. The molecular weight excluding hydrogens is 388 g/mol. The molecule has 0 aromatic heterocycles. The lowest BCUT2D eigenvalue weighted by atomic mass is 10.1. The van der Waals surface area contributed by atoms with E-state index in [4.69, 9.17) is 0 Å². The van der Waals surface area contributed by atoms with Gasteiger partial charge in [0.15, 0.2) is 0 Å². The summed E-state index contributed by atoms with van der Waals surface area (Å²) in [7, 11) is 0. The van der Waals surface area contributed by atoms with Crippen molar-refractivity contribution < 1.29 is 18.4 Å². The molecule has 2 amide bonds. The van der Waals surface area contributed by atoms with E-state index in [1.54, 1.807) is 6.92 Å². The first-order chi connectivity index (χ1) is 14.3. The average Bonchev–Trinajstić information content (AvgIpc) is 2.87. The highest BCUT2D eigenvalue weighted by molar-refractivity contribution is 6.02. The molecule has 30 heavy (non-hydrogen) atoms. The summed E-state index contributed by atoms with van der Waals surface area (Å²) >= 11 is 0. The van der Waals surface area contributed by atoms with Gasteiger partial charge in [-0.2, -0.15) is 0 Å². The first-order valence-corrected chi connectivity index (χ1v) is 9.58. The molecule has 0 spiro atoms. The zero-order valence-electron chi connectivity index (χ0n) is 16.6. The fourth-order valence-corrected chi connectivity index (χ4v) is 3.19. The molecule has 0 aliphatic carbocycles. The zero-order valence-corrected chi connectivity index (χ0v) is 16.6. The highest BCUT2D eigenvalue weighted by atomic mass is 19.1. The molecule has 0 radical (unpaired) electrons. The molecule has 1 heterocycles. The summed E-state index contributed by atoms with van der Waals surface area (Å²) in [4.78, 5) is 24.9. The SMILES string of the molecule is C=C(/C=C(/C)NCc1cc(F)ccc1F)C(=O)N[C@H]1CCc2ccccc2NC1=O. The molecule has 1 atom stereocenters. The Hall–Kier alpha value is -3.48. The van der Waals surface area contributed by atoms with Crippen LogP contribution in [0.4, 0.5) is 14.5 Å². The summed E-state index contributed by atoms with van der Waals surface area (Å²) in [5, 5.41) is 8.46. The molecule has 2 aromatic rings. The van der Waals surface area contributed by atoms with Crippen LogP contribution < -0.4 is 16.0 Å². The van der Waals surface area contributed by atoms with Gasteiger partial charge in [-0.3, -0.25) is 9.59 Å². The fraction of sp³-hybridized carbons (Fsp3) is 0.217. The third-order valence-electron chi connectivity index (χ3n) is 4.85. The van der Waals surface area contributed by atoms with Crippen LogP contribution in [-0.2, 0) is 22.6 Å². The van der Waals surface area contributed by atoms with Gasteiger partial charge in [0.2, 0.25) is 5.91 Å². The third kappa shape index (κ3) is 5.31. The van der Waals surface area contributed by atoms with Gasteiger partial charge in [0, 0.05) is 29.1 Å². The van der Waals surface area contributed by atoms with Gasteiger partial charge in [-0.15, -0.1) is 0 Å². The minimum Gasteiger partial charge on any atom is -0.384 e. The van der Waals surface area contributed by atoms with Crippen LogP contribution in [0.25, 0.3) is 0 Å². The van der Waals surface area contributed by atoms with Gasteiger partial charge < -0.3 is 16.0 Å². The van der Waals surface area contributed by atoms with Crippen molar-refractivity contribution >= 4 is 17.5 Å². The number of fused-ring (bicyclic) bond motifs is 1. The van der Waals surface area contributed by atoms with Crippen molar-refractivity contribution in [3.05, 3.63) is 89.2 Å². The van der Waals surface area contributed by atoms with E-state index in [9.17, 15) is 18.4 Å². The van der Waals surface area contributed by atoms with E-state index < -0.39 is 23.6 Å². The lowest BCUT2D eigenvalue weighted by Crippen LogP contribution is -2.43. The smallest absolute Gasteiger partial charge is 0.251 e. The Balaban J connectivity index is 1.56. The van der Waals surface area contributed by atoms with E-state index in [0.29, 0.717) is 18.5 Å². The molecule has 5 nitrogen and oxygen atoms in total. The minimum absolute atomic E-state index is 0.0596. The summed E-state index contributed by atoms with van der Waals surface area (Å²) < 4.78 is 26.9. The van der Waals surface area contributed by atoms with Gasteiger partial charge in [-0.1, -0.05) is 24.8 Å². The average molecular weight is 411 g/mol. The number of halogens is 2. The molecule has 156 valence electrons. The number of aryl methyl sites for hydroxylation is 1. The number of allylic oxidation sites excluding steroid dienone is 1. The maximum Gasteiger partial charge on any atom is 0.251 e. The molecule has 1 aliphatic rings. The van der Waals surface area contributed by atoms with Crippen LogP contribution >= 0.6 is 0 Å². The van der Waals surface area contributed by atoms with E-state index in [1.165, 1.54) is 6.08 Å². The summed E-state index contributed by atoms with van der Waals surface area (Å²) in [6.45, 7) is 5.49. The first-order valence-electron chi connectivity index (χ1n) is 9.58. The van der Waals surface area contributed by atoms with Crippen molar-refractivity contribution in [2.45, 2.75) is 32.4 Å². The number of hydrogen-bond acceptors (Lipinski definition) is 3. The summed E-state index contributed by atoms with van der Waals surface area (Å²) in [5.41, 5.74) is 2.65. The lowest BCUT2D eigenvalue weighted by Gasteiger charge is -2.16. The van der Waals surface area contributed by atoms with Gasteiger partial charge in [-0.25, -0.2) is 8.78 Å². The number of carbonyl (C=O) groups is 2. The van der Waals surface area contributed by atoms with Crippen molar-refractivity contribution in [3.63, 3.8) is 0 Å². The zero-order chi connectivity index (χ0) is 21.7. The first kappa shape index (κ1) is 21.2. The molecule has 0 saturated carbocycles. The number of rotatable bonds is 6. The maximum absolute atomic E-state index is 13.7. The molecule has 0 saturated heterocycles. The Morgan fingerprint density at radius 2 is 2.03 bits per heavy atom. The van der Waals surface area contributed by atoms with Crippen molar-refractivity contribution in [2.24, 2.45) is 0 Å². The molecule has 1 aliphatic heterocycles. The standard InChI is InChI=1S/C23H23F2N3O2/c1-14(11-15(2)26-13-17-12-18(24)8-9-19(17)25)22(29)28-21-10-7-16-5-3-4-6-20(16)27-23(21)30/h3-6,8-9,11-12,21,26H,1,7,10,13H2,2H3,(H,27,30)(H,28,29)/b15-11-/t21-/m0/s1. The summed E-state index contributed by atoms with van der Waals surface area (Å²) in [6.07, 6.45) is 2.62. The summed E-state index contributed by atoms with van der Waals surface area (Å²) in [6, 6.07) is 10.1. The van der Waals surface area contributed by atoms with Crippen molar-refractivity contribution in [1.82, 2.24) is 10.6 Å². The highest BCUT2D eigenvalue weighted by Gasteiger charge is 2.25. The maximum atomic E-state index is 13.7. The van der Waals surface area contributed by atoms with Gasteiger partial charge in [0.25, 0.3) is 5.91 Å². The molecule has 2 aromatic carbocycles. The topological polar surface area (TPSA) is 70.2 Å². The molecular formula is C23H23F2N3O2. The number of benzene rings is 2. The number of hydrogen-bond donors (Lipinski definition) is 3. The molecule has 3 rings (SSSR count). The Morgan fingerprint density at radius 1 is 1.27 bits per heavy atom. The van der Waals surface area contributed by atoms with Crippen LogP contribution in [-0.4, -0.2) is 17.9 Å². The largest absolute Gasteiger partial charge is 0.384 e. The van der Waals surface area contributed by atoms with Crippen molar-refractivity contribution in [2.75, 3.05) is 5.32 Å². The lowest BCUT2D eigenvalue weighted by molar-refractivity contribution is -0.124. The monoisotopic (exact) mass is 411 g/mol. The normalized spacial score (nSPS) is 16.2. The Kier molecular flexibility index (Phi) is 6.61. The predicted octanol–water partition coefficient (Wildman–Crippen LogP) is 3.58. The fourth-order valence-electron chi connectivity index (χ4n) is 3.19. The predicted molar refractivity (Wildman–Crippen MR) is 111 cm³/mol. The van der Waals surface area contributed by atoms with Crippen LogP contribution in [0, 0.1) is 11.6 Å². The van der Waals surface area contributed by atoms with Gasteiger partial charge >= 0.3 is 0 Å². The number of carbonyl (C=O) groups excluding carboxylic acids is 2. The van der Waals surface area contributed by atoms with Gasteiger partial charge in [0.1, 0.15) is 17.7 Å². The van der Waals surface area contributed by atoms with Crippen molar-refractivity contribution in [3.8, 4) is 0 Å². The number of anilines is 1. The van der Waals surface area contributed by atoms with Crippen LogP contribution in [0.1, 0.15) is 24.5 Å². The van der Waals surface area contributed by atoms with Crippen molar-refractivity contribution in [1.29, 1.82) is 0 Å². The minimum atomic E-state index is -0.676. The Morgan fingerprint density at radius 3 is 2.83 bits per heavy atom.